The second-order valence-corrected chi connectivity index (χ2v) is 9.34. The van der Waals surface area contributed by atoms with Crippen molar-refractivity contribution in [1.82, 2.24) is 14.5 Å². The van der Waals surface area contributed by atoms with E-state index in [1.165, 1.54) is 22.1 Å². The van der Waals surface area contributed by atoms with Gasteiger partial charge in [0, 0.05) is 28.3 Å². The third-order valence-corrected chi connectivity index (χ3v) is 6.64. The quantitative estimate of drug-likeness (QED) is 0.255. The van der Waals surface area contributed by atoms with Crippen LogP contribution in [0.25, 0.3) is 50.5 Å². The lowest BCUT2D eigenvalue weighted by atomic mass is 9.91. The van der Waals surface area contributed by atoms with Crippen molar-refractivity contribution in [2.75, 3.05) is 0 Å². The van der Waals surface area contributed by atoms with E-state index in [1.54, 1.807) is 0 Å². The molecule has 6 aromatic rings. The van der Waals surface area contributed by atoms with Crippen LogP contribution in [-0.2, 0) is 0 Å². The van der Waals surface area contributed by atoms with E-state index in [4.69, 9.17) is 9.97 Å². The Morgan fingerprint density at radius 1 is 0.583 bits per heavy atom. The predicted octanol–water partition coefficient (Wildman–Crippen LogP) is 8.54. The molecule has 174 valence electrons. The van der Waals surface area contributed by atoms with Crippen LogP contribution in [0, 0.1) is 0 Å². The summed E-state index contributed by atoms with van der Waals surface area (Å²) in [5.41, 5.74) is 8.84. The molecule has 0 amide bonds. The second-order valence-electron chi connectivity index (χ2n) is 9.34. The largest absolute Gasteiger partial charge is 0.285 e. The molecule has 0 atom stereocenters. The van der Waals surface area contributed by atoms with Crippen molar-refractivity contribution >= 4 is 10.9 Å². The fourth-order valence-corrected chi connectivity index (χ4v) is 4.86. The van der Waals surface area contributed by atoms with Crippen LogP contribution in [0.4, 0.5) is 0 Å². The van der Waals surface area contributed by atoms with Gasteiger partial charge in [-0.2, -0.15) is 0 Å². The minimum absolute atomic E-state index is 0.379. The fourth-order valence-electron chi connectivity index (χ4n) is 4.86. The van der Waals surface area contributed by atoms with Gasteiger partial charge in [0.2, 0.25) is 5.95 Å². The van der Waals surface area contributed by atoms with Crippen molar-refractivity contribution in [1.29, 1.82) is 0 Å². The molecule has 3 nitrogen and oxygen atoms in total. The van der Waals surface area contributed by atoms with Gasteiger partial charge in [-0.05, 0) is 29.2 Å². The molecule has 2 aromatic heterocycles. The van der Waals surface area contributed by atoms with Gasteiger partial charge in [-0.1, -0.05) is 117 Å². The second kappa shape index (κ2) is 9.27. The molecule has 0 aliphatic heterocycles. The Kier molecular flexibility index (Phi) is 5.67. The van der Waals surface area contributed by atoms with Gasteiger partial charge in [0.1, 0.15) is 0 Å². The molecular formula is C33H27N3. The Bertz CT molecular complexity index is 1580. The van der Waals surface area contributed by atoms with Crippen LogP contribution in [0.3, 0.4) is 0 Å². The van der Waals surface area contributed by atoms with E-state index in [1.807, 2.05) is 36.4 Å². The van der Waals surface area contributed by atoms with Crippen molar-refractivity contribution < 1.29 is 0 Å². The van der Waals surface area contributed by atoms with Crippen LogP contribution in [-0.4, -0.2) is 14.5 Å². The van der Waals surface area contributed by atoms with Crippen LogP contribution in [0.1, 0.15) is 25.3 Å². The molecule has 2 heterocycles. The van der Waals surface area contributed by atoms with Gasteiger partial charge < -0.3 is 0 Å². The maximum Gasteiger partial charge on any atom is 0.235 e. The predicted molar refractivity (Wildman–Crippen MR) is 149 cm³/mol. The molecule has 0 aliphatic rings. The van der Waals surface area contributed by atoms with Gasteiger partial charge >= 0.3 is 0 Å². The molecule has 36 heavy (non-hydrogen) atoms. The lowest BCUT2D eigenvalue weighted by Gasteiger charge is -2.17. The maximum absolute atomic E-state index is 5.08. The van der Waals surface area contributed by atoms with Crippen molar-refractivity contribution in [3.63, 3.8) is 0 Å². The number of benzene rings is 4. The fraction of sp³-hybridized carbons (Fsp3) is 0.0909. The monoisotopic (exact) mass is 465 g/mol. The molecule has 0 bridgehead atoms. The Hall–Kier alpha value is -4.50. The standard InChI is InChI=1S/C33H27N3/c1-23(2)28-19-18-27-20-21-36(32(27)31(28)26-16-10-5-11-17-26)33-34-29(24-12-6-3-7-13-24)22-30(35-33)25-14-8-4-9-15-25/h3-23H,1-2H3. The first-order chi connectivity index (χ1) is 17.7. The first-order valence-electron chi connectivity index (χ1n) is 12.4. The molecule has 0 radical (unpaired) electrons. The Balaban J connectivity index is 1.65. The smallest absolute Gasteiger partial charge is 0.235 e. The van der Waals surface area contributed by atoms with Crippen LogP contribution in [0.5, 0.6) is 0 Å². The highest BCUT2D eigenvalue weighted by Gasteiger charge is 2.18. The van der Waals surface area contributed by atoms with Crippen LogP contribution >= 0.6 is 0 Å². The molecule has 0 fully saturated rings. The number of hydrogen-bond acceptors (Lipinski definition) is 2. The molecule has 4 aromatic carbocycles. The third kappa shape index (κ3) is 3.99. The molecule has 0 saturated carbocycles. The van der Waals surface area contributed by atoms with E-state index in [2.05, 4.69) is 103 Å². The summed E-state index contributed by atoms with van der Waals surface area (Å²) >= 11 is 0. The van der Waals surface area contributed by atoms with Crippen LogP contribution in [0.2, 0.25) is 0 Å². The van der Waals surface area contributed by atoms with Crippen LogP contribution in [0.15, 0.2) is 121 Å². The van der Waals surface area contributed by atoms with Gasteiger partial charge in [-0.3, -0.25) is 4.57 Å². The Morgan fingerprint density at radius 2 is 1.11 bits per heavy atom. The third-order valence-electron chi connectivity index (χ3n) is 6.64. The molecule has 6 rings (SSSR count). The minimum Gasteiger partial charge on any atom is -0.285 e. The lowest BCUT2D eigenvalue weighted by molar-refractivity contribution is 0.869. The van der Waals surface area contributed by atoms with Crippen LogP contribution < -0.4 is 0 Å². The average molecular weight is 466 g/mol. The highest BCUT2D eigenvalue weighted by molar-refractivity contribution is 5.97. The highest BCUT2D eigenvalue weighted by Crippen LogP contribution is 2.37. The zero-order chi connectivity index (χ0) is 24.5. The van der Waals surface area contributed by atoms with E-state index in [-0.39, 0.29) is 0 Å². The summed E-state index contributed by atoms with van der Waals surface area (Å²) in [5.74, 6) is 1.05. The zero-order valence-electron chi connectivity index (χ0n) is 20.5. The summed E-state index contributed by atoms with van der Waals surface area (Å²) in [5, 5.41) is 1.17. The van der Waals surface area contributed by atoms with E-state index in [0.29, 0.717) is 11.9 Å². The summed E-state index contributed by atoms with van der Waals surface area (Å²) < 4.78 is 2.16. The number of hydrogen-bond donors (Lipinski definition) is 0. The molecular weight excluding hydrogens is 438 g/mol. The topological polar surface area (TPSA) is 30.7 Å². The van der Waals surface area contributed by atoms with E-state index in [0.717, 1.165) is 28.0 Å². The Morgan fingerprint density at radius 3 is 1.64 bits per heavy atom. The highest BCUT2D eigenvalue weighted by atomic mass is 15.1. The van der Waals surface area contributed by atoms with Gasteiger partial charge in [-0.15, -0.1) is 0 Å². The summed E-state index contributed by atoms with van der Waals surface area (Å²) in [6.07, 6.45) is 2.10. The SMILES string of the molecule is CC(C)c1ccc2ccn(-c3nc(-c4ccccc4)cc(-c4ccccc4)n3)c2c1-c1ccccc1. The van der Waals surface area contributed by atoms with E-state index >= 15 is 0 Å². The zero-order valence-corrected chi connectivity index (χ0v) is 20.5. The molecule has 0 saturated heterocycles. The minimum atomic E-state index is 0.379. The molecule has 0 unspecified atom stereocenters. The normalized spacial score (nSPS) is 11.3. The number of aromatic nitrogens is 3. The summed E-state index contributed by atoms with van der Waals surface area (Å²) in [7, 11) is 0. The Labute approximate surface area is 211 Å². The maximum atomic E-state index is 5.08. The van der Waals surface area contributed by atoms with Gasteiger partial charge in [0.15, 0.2) is 0 Å². The first-order valence-corrected chi connectivity index (χ1v) is 12.4. The average Bonchev–Trinajstić information content (AvgIpc) is 3.38. The molecule has 0 spiro atoms. The van der Waals surface area contributed by atoms with Crippen molar-refractivity contribution in [2.45, 2.75) is 19.8 Å². The van der Waals surface area contributed by atoms with Gasteiger partial charge in [0.25, 0.3) is 0 Å². The molecule has 0 aliphatic carbocycles. The summed E-state index contributed by atoms with van der Waals surface area (Å²) in [6, 6.07) is 40.0. The van der Waals surface area contributed by atoms with Crippen molar-refractivity contribution in [3.8, 4) is 39.6 Å². The number of rotatable bonds is 5. The van der Waals surface area contributed by atoms with E-state index < -0.39 is 0 Å². The van der Waals surface area contributed by atoms with Gasteiger partial charge in [0.05, 0.1) is 16.9 Å². The van der Waals surface area contributed by atoms with Crippen molar-refractivity contribution in [3.05, 3.63) is 127 Å². The number of fused-ring (bicyclic) bond motifs is 1. The first kappa shape index (κ1) is 22.0. The molecule has 3 heteroatoms. The van der Waals surface area contributed by atoms with Gasteiger partial charge in [-0.25, -0.2) is 9.97 Å². The van der Waals surface area contributed by atoms with Crippen molar-refractivity contribution in [2.24, 2.45) is 0 Å². The number of nitrogens with zero attached hydrogens (tertiary/aromatic N) is 3. The van der Waals surface area contributed by atoms with E-state index in [9.17, 15) is 0 Å². The summed E-state index contributed by atoms with van der Waals surface area (Å²) in [4.78, 5) is 10.2. The lowest BCUT2D eigenvalue weighted by Crippen LogP contribution is -2.05. The molecule has 0 N–H and O–H groups in total. The summed E-state index contributed by atoms with van der Waals surface area (Å²) in [6.45, 7) is 4.50.